The van der Waals surface area contributed by atoms with Gasteiger partial charge in [0.2, 0.25) is 5.91 Å². The molecule has 2 rings (SSSR count). The van der Waals surface area contributed by atoms with E-state index < -0.39 is 0 Å². The zero-order valence-electron chi connectivity index (χ0n) is 13.6. The third-order valence-corrected chi connectivity index (χ3v) is 4.56. The van der Waals surface area contributed by atoms with Gasteiger partial charge in [-0.1, -0.05) is 39.7 Å². The average Bonchev–Trinajstić information content (AvgIpc) is 2.58. The number of para-hydroxylation sites is 1. The molecule has 24 heavy (non-hydrogen) atoms. The van der Waals surface area contributed by atoms with Gasteiger partial charge in [-0.2, -0.15) is 0 Å². The molecule has 128 valence electrons. The number of rotatable bonds is 7. The molecule has 0 fully saturated rings. The molecule has 0 radical (unpaired) electrons. The quantitative estimate of drug-likeness (QED) is 0.732. The van der Waals surface area contributed by atoms with E-state index in [9.17, 15) is 4.79 Å². The second-order valence-electron chi connectivity index (χ2n) is 5.43. The number of hydrogen-bond donors (Lipinski definition) is 1. The molecule has 1 atom stereocenters. The van der Waals surface area contributed by atoms with E-state index in [1.165, 1.54) is 0 Å². The van der Waals surface area contributed by atoms with Gasteiger partial charge in [0, 0.05) is 11.0 Å². The van der Waals surface area contributed by atoms with Crippen LogP contribution in [-0.2, 0) is 4.79 Å². The first-order chi connectivity index (χ1) is 11.5. The smallest absolute Gasteiger partial charge is 0.241 e. The van der Waals surface area contributed by atoms with Gasteiger partial charge in [0.15, 0.2) is 0 Å². The molecule has 2 aromatic rings. The Bertz CT molecular complexity index is 679. The molecule has 1 N–H and O–H groups in total. The maximum atomic E-state index is 12.3. The lowest BCUT2D eigenvalue weighted by atomic mass is 10.2. The number of benzene rings is 2. The van der Waals surface area contributed by atoms with Crippen LogP contribution in [0.25, 0.3) is 0 Å². The minimum absolute atomic E-state index is 0.103. The molecule has 0 heterocycles. The van der Waals surface area contributed by atoms with E-state index in [1.54, 1.807) is 12.1 Å². The normalized spacial score (nSPS) is 12.0. The number of amides is 1. The fourth-order valence-electron chi connectivity index (χ4n) is 2.03. The van der Waals surface area contributed by atoms with Gasteiger partial charge in [-0.25, -0.2) is 0 Å². The fourth-order valence-corrected chi connectivity index (χ4v) is 2.48. The Morgan fingerprint density at radius 3 is 2.58 bits per heavy atom. The van der Waals surface area contributed by atoms with Crippen molar-refractivity contribution in [2.45, 2.75) is 13.0 Å². The highest BCUT2D eigenvalue weighted by atomic mass is 79.9. The summed E-state index contributed by atoms with van der Waals surface area (Å²) >= 11 is 9.45. The Labute approximate surface area is 155 Å². The van der Waals surface area contributed by atoms with Crippen LogP contribution in [0.3, 0.4) is 0 Å². The lowest BCUT2D eigenvalue weighted by molar-refractivity contribution is -0.120. The topological polar surface area (TPSA) is 41.6 Å². The summed E-state index contributed by atoms with van der Waals surface area (Å²) in [5.41, 5.74) is 0.621. The molecule has 0 bridgehead atoms. The number of carbonyl (C=O) groups excluding carboxylic acids is 1. The second kappa shape index (κ2) is 9.06. The highest BCUT2D eigenvalue weighted by Crippen LogP contribution is 2.21. The molecule has 6 heteroatoms. The van der Waals surface area contributed by atoms with Crippen LogP contribution in [0.15, 0.2) is 53.0 Å². The maximum absolute atomic E-state index is 12.3. The van der Waals surface area contributed by atoms with E-state index in [2.05, 4.69) is 21.2 Å². The summed E-state index contributed by atoms with van der Waals surface area (Å²) in [6, 6.07) is 14.6. The van der Waals surface area contributed by atoms with Gasteiger partial charge in [0.1, 0.15) is 12.4 Å². The van der Waals surface area contributed by atoms with Crippen molar-refractivity contribution in [2.24, 2.45) is 0 Å². The first-order valence-electron chi connectivity index (χ1n) is 7.61. The first-order valence-corrected chi connectivity index (χ1v) is 8.78. The van der Waals surface area contributed by atoms with Gasteiger partial charge in [-0.05, 0) is 50.4 Å². The van der Waals surface area contributed by atoms with Crippen molar-refractivity contribution >= 4 is 39.1 Å². The summed E-state index contributed by atoms with van der Waals surface area (Å²) in [7, 11) is 1.89. The summed E-state index contributed by atoms with van der Waals surface area (Å²) in [5.74, 6) is 0.703. The minimum Gasteiger partial charge on any atom is -0.492 e. The van der Waals surface area contributed by atoms with E-state index in [4.69, 9.17) is 16.3 Å². The highest BCUT2D eigenvalue weighted by Gasteiger charge is 2.18. The Morgan fingerprint density at radius 1 is 1.25 bits per heavy atom. The second-order valence-corrected chi connectivity index (χ2v) is 6.75. The lowest BCUT2D eigenvalue weighted by Gasteiger charge is -2.24. The number of carbonyl (C=O) groups is 1. The number of nitrogens with one attached hydrogen (secondary N) is 1. The zero-order valence-corrected chi connectivity index (χ0v) is 16.0. The van der Waals surface area contributed by atoms with Crippen molar-refractivity contribution < 1.29 is 9.53 Å². The molecular weight excluding hydrogens is 392 g/mol. The Morgan fingerprint density at radius 2 is 1.92 bits per heavy atom. The van der Waals surface area contributed by atoms with E-state index in [0.717, 1.165) is 10.2 Å². The van der Waals surface area contributed by atoms with E-state index in [1.807, 2.05) is 55.3 Å². The van der Waals surface area contributed by atoms with Gasteiger partial charge in [-0.15, -0.1) is 0 Å². The van der Waals surface area contributed by atoms with E-state index in [-0.39, 0.29) is 11.9 Å². The molecule has 0 saturated heterocycles. The third kappa shape index (κ3) is 5.51. The molecule has 0 aliphatic rings. The van der Waals surface area contributed by atoms with Gasteiger partial charge < -0.3 is 10.1 Å². The fraction of sp³-hybridized carbons (Fsp3) is 0.278. The predicted molar refractivity (Wildman–Crippen MR) is 102 cm³/mol. The van der Waals surface area contributed by atoms with Crippen molar-refractivity contribution in [2.75, 3.05) is 25.5 Å². The van der Waals surface area contributed by atoms with Crippen molar-refractivity contribution in [3.05, 3.63) is 58.0 Å². The van der Waals surface area contributed by atoms with Crippen LogP contribution >= 0.6 is 27.5 Å². The van der Waals surface area contributed by atoms with Gasteiger partial charge in [0.05, 0.1) is 16.8 Å². The number of hydrogen-bond acceptors (Lipinski definition) is 3. The van der Waals surface area contributed by atoms with Gasteiger partial charge >= 0.3 is 0 Å². The monoisotopic (exact) mass is 410 g/mol. The van der Waals surface area contributed by atoms with E-state index >= 15 is 0 Å². The zero-order chi connectivity index (χ0) is 17.5. The number of ether oxygens (including phenoxy) is 1. The predicted octanol–water partition coefficient (Wildman–Crippen LogP) is 4.44. The molecule has 0 aliphatic heterocycles. The lowest BCUT2D eigenvalue weighted by Crippen LogP contribution is -2.41. The largest absolute Gasteiger partial charge is 0.492 e. The van der Waals surface area contributed by atoms with Crippen LogP contribution in [0.5, 0.6) is 5.75 Å². The number of likely N-dealkylation sites (N-methyl/N-ethyl adjacent to an activating group) is 1. The number of anilines is 1. The summed E-state index contributed by atoms with van der Waals surface area (Å²) in [6.45, 7) is 2.99. The van der Waals surface area contributed by atoms with Crippen molar-refractivity contribution in [1.29, 1.82) is 0 Å². The minimum atomic E-state index is -0.296. The molecule has 4 nitrogen and oxygen atoms in total. The molecule has 1 amide bonds. The van der Waals surface area contributed by atoms with Gasteiger partial charge in [0.25, 0.3) is 0 Å². The van der Waals surface area contributed by atoms with Crippen molar-refractivity contribution in [3.63, 3.8) is 0 Å². The summed E-state index contributed by atoms with van der Waals surface area (Å²) in [5, 5.41) is 3.37. The summed E-state index contributed by atoms with van der Waals surface area (Å²) < 4.78 is 6.69. The Kier molecular flexibility index (Phi) is 7.09. The summed E-state index contributed by atoms with van der Waals surface area (Å²) in [4.78, 5) is 14.3. The number of nitrogens with zero attached hydrogens (tertiary/aromatic N) is 1. The molecule has 0 spiro atoms. The third-order valence-electron chi connectivity index (χ3n) is 3.70. The SMILES string of the molecule is CC(C(=O)Nc1ccccc1Cl)N(C)CCOc1ccc(Br)cc1. The Hall–Kier alpha value is -1.56. The van der Waals surface area contributed by atoms with E-state index in [0.29, 0.717) is 23.9 Å². The van der Waals surface area contributed by atoms with Crippen LogP contribution in [0.4, 0.5) is 5.69 Å². The first kappa shape index (κ1) is 18.8. The molecule has 1 unspecified atom stereocenters. The van der Waals surface area contributed by atoms with Gasteiger partial charge in [-0.3, -0.25) is 9.69 Å². The molecule has 0 aliphatic carbocycles. The van der Waals surface area contributed by atoms with Crippen LogP contribution in [0.2, 0.25) is 5.02 Å². The molecule has 0 aromatic heterocycles. The standard InChI is InChI=1S/C18H20BrClN2O2/c1-13(18(23)21-17-6-4-3-5-16(17)20)22(2)11-12-24-15-9-7-14(19)8-10-15/h3-10,13H,11-12H2,1-2H3,(H,21,23). The van der Waals surface area contributed by atoms with Crippen LogP contribution in [0, 0.1) is 0 Å². The molecule has 2 aromatic carbocycles. The molecule has 0 saturated carbocycles. The highest BCUT2D eigenvalue weighted by molar-refractivity contribution is 9.10. The number of halogens is 2. The summed E-state index contributed by atoms with van der Waals surface area (Å²) in [6.07, 6.45) is 0. The van der Waals surface area contributed by atoms with Crippen LogP contribution in [-0.4, -0.2) is 37.0 Å². The van der Waals surface area contributed by atoms with Crippen molar-refractivity contribution in [3.8, 4) is 5.75 Å². The van der Waals surface area contributed by atoms with Crippen molar-refractivity contribution in [1.82, 2.24) is 4.90 Å². The van der Waals surface area contributed by atoms with Crippen LogP contribution < -0.4 is 10.1 Å². The molecular formula is C18H20BrClN2O2. The van der Waals surface area contributed by atoms with Crippen LogP contribution in [0.1, 0.15) is 6.92 Å². The Balaban J connectivity index is 1.80. The maximum Gasteiger partial charge on any atom is 0.241 e. The average molecular weight is 412 g/mol.